The molecule has 0 aliphatic carbocycles. The van der Waals surface area contributed by atoms with E-state index in [1.807, 2.05) is 34.6 Å². The minimum absolute atomic E-state index is 0.122. The first kappa shape index (κ1) is 26.4. The Bertz CT molecular complexity index is 391. The Labute approximate surface area is 157 Å². The van der Waals surface area contributed by atoms with Gasteiger partial charge in [0.05, 0.1) is 11.8 Å². The number of esters is 2. The molecule has 1 aliphatic heterocycles. The molecule has 1 aliphatic rings. The molecule has 0 aromatic carbocycles. The van der Waals surface area contributed by atoms with Crippen LogP contribution in [0.15, 0.2) is 0 Å². The van der Waals surface area contributed by atoms with Crippen molar-refractivity contribution in [1.82, 2.24) is 0 Å². The first-order chi connectivity index (χ1) is 11.5. The van der Waals surface area contributed by atoms with Gasteiger partial charge in [0.2, 0.25) is 0 Å². The number of cyclic esters (lactones) is 2. The molecule has 0 radical (unpaired) electrons. The van der Waals surface area contributed by atoms with Crippen LogP contribution in [-0.4, -0.2) is 11.9 Å². The summed E-state index contributed by atoms with van der Waals surface area (Å²) in [5.41, 5.74) is 0.378. The maximum atomic E-state index is 12.0. The molecule has 3 heteroatoms. The van der Waals surface area contributed by atoms with E-state index in [-0.39, 0.29) is 34.6 Å². The van der Waals surface area contributed by atoms with Gasteiger partial charge in [-0.2, -0.15) is 0 Å². The van der Waals surface area contributed by atoms with Crippen molar-refractivity contribution < 1.29 is 14.3 Å². The number of hydrogen-bond donors (Lipinski definition) is 0. The highest BCUT2D eigenvalue weighted by Gasteiger charge is 2.45. The molecule has 0 spiro atoms. The number of ether oxygens (including phenoxy) is 1. The minimum Gasteiger partial charge on any atom is -0.393 e. The van der Waals surface area contributed by atoms with E-state index in [0.29, 0.717) is 12.3 Å². The summed E-state index contributed by atoms with van der Waals surface area (Å²) in [4.78, 5) is 23.8. The van der Waals surface area contributed by atoms with Crippen LogP contribution in [0.25, 0.3) is 0 Å². The minimum atomic E-state index is -0.324. The quantitative estimate of drug-likeness (QED) is 0.395. The van der Waals surface area contributed by atoms with Crippen LogP contribution in [-0.2, 0) is 14.3 Å². The predicted molar refractivity (Wildman–Crippen MR) is 107 cm³/mol. The third-order valence-electron chi connectivity index (χ3n) is 5.25. The van der Waals surface area contributed by atoms with Crippen LogP contribution >= 0.6 is 0 Å². The van der Waals surface area contributed by atoms with Crippen molar-refractivity contribution in [2.75, 3.05) is 0 Å². The van der Waals surface area contributed by atoms with Crippen LogP contribution in [0, 0.1) is 28.6 Å². The Hall–Kier alpha value is -0.860. The lowest BCUT2D eigenvalue weighted by molar-refractivity contribution is -0.154. The molecule has 1 heterocycles. The largest absolute Gasteiger partial charge is 0.393 e. The van der Waals surface area contributed by atoms with E-state index < -0.39 is 0 Å². The Morgan fingerprint density at radius 2 is 1.32 bits per heavy atom. The van der Waals surface area contributed by atoms with Gasteiger partial charge in [0.1, 0.15) is 0 Å². The highest BCUT2D eigenvalue weighted by atomic mass is 16.6. The van der Waals surface area contributed by atoms with E-state index in [1.54, 1.807) is 0 Å². The van der Waals surface area contributed by atoms with Gasteiger partial charge in [0.25, 0.3) is 0 Å². The van der Waals surface area contributed by atoms with Gasteiger partial charge in [-0.15, -0.1) is 0 Å². The number of rotatable bonds is 6. The van der Waals surface area contributed by atoms with Gasteiger partial charge in [-0.3, -0.25) is 9.59 Å². The highest BCUT2D eigenvalue weighted by Crippen LogP contribution is 2.44. The molecule has 0 aromatic heterocycles. The van der Waals surface area contributed by atoms with Crippen LogP contribution in [0.3, 0.4) is 0 Å². The van der Waals surface area contributed by atoms with Crippen molar-refractivity contribution in [3.8, 4) is 0 Å². The average Bonchev–Trinajstić information content (AvgIpc) is 2.82. The van der Waals surface area contributed by atoms with E-state index >= 15 is 0 Å². The fraction of sp³-hybridized carbons (Fsp3) is 0.909. The molecular formula is C22H44O3. The molecule has 1 rings (SSSR count). The molecule has 0 bridgehead atoms. The maximum absolute atomic E-state index is 12.0. The summed E-state index contributed by atoms with van der Waals surface area (Å²) in [6, 6.07) is 0. The first-order valence-corrected chi connectivity index (χ1v) is 10.3. The van der Waals surface area contributed by atoms with E-state index in [0.717, 1.165) is 19.3 Å². The van der Waals surface area contributed by atoms with E-state index in [2.05, 4.69) is 41.5 Å². The Kier molecular flexibility index (Phi) is 12.3. The van der Waals surface area contributed by atoms with Gasteiger partial charge in [0.15, 0.2) is 0 Å². The van der Waals surface area contributed by atoms with E-state index in [4.69, 9.17) is 4.74 Å². The van der Waals surface area contributed by atoms with Crippen molar-refractivity contribution in [2.45, 2.75) is 102 Å². The normalized spacial score (nSPS) is 21.6. The SMILES string of the molecule is CC.CC.CCC1C(=O)OC(=O)C1CC(CC(C)(C)CC)C(C)(C)C. The topological polar surface area (TPSA) is 43.4 Å². The lowest BCUT2D eigenvalue weighted by atomic mass is 9.66. The number of hydrogen-bond acceptors (Lipinski definition) is 3. The molecule has 1 fully saturated rings. The second kappa shape index (κ2) is 11.7. The Balaban J connectivity index is 0. The Morgan fingerprint density at radius 1 is 0.880 bits per heavy atom. The number of carbonyl (C=O) groups is 2. The lowest BCUT2D eigenvalue weighted by Crippen LogP contribution is -2.31. The molecule has 3 nitrogen and oxygen atoms in total. The highest BCUT2D eigenvalue weighted by molar-refractivity contribution is 5.96. The molecule has 0 N–H and O–H groups in total. The third kappa shape index (κ3) is 8.37. The van der Waals surface area contributed by atoms with Crippen molar-refractivity contribution >= 4 is 11.9 Å². The fourth-order valence-electron chi connectivity index (χ4n) is 3.15. The Morgan fingerprint density at radius 3 is 1.68 bits per heavy atom. The van der Waals surface area contributed by atoms with E-state index in [1.165, 1.54) is 0 Å². The van der Waals surface area contributed by atoms with Gasteiger partial charge in [0, 0.05) is 0 Å². The zero-order chi connectivity index (χ0) is 20.4. The summed E-state index contributed by atoms with van der Waals surface area (Å²) in [5.74, 6) is -0.721. The standard InChI is InChI=1S/C18H32O3.2C2H6/c1-8-13-14(16(20)21-15(13)19)10-12(17(3,4)5)11-18(6,7)9-2;2*1-2/h12-14H,8-11H2,1-7H3;2*1-2H3. The van der Waals surface area contributed by atoms with Crippen LogP contribution in [0.1, 0.15) is 102 Å². The average molecular weight is 357 g/mol. The molecule has 0 amide bonds. The predicted octanol–water partition coefficient (Wildman–Crippen LogP) is 6.64. The van der Waals surface area contributed by atoms with Crippen molar-refractivity contribution in [1.29, 1.82) is 0 Å². The van der Waals surface area contributed by atoms with Crippen LogP contribution in [0.2, 0.25) is 0 Å². The fourth-order valence-corrected chi connectivity index (χ4v) is 3.15. The van der Waals surface area contributed by atoms with Crippen molar-refractivity contribution in [3.05, 3.63) is 0 Å². The van der Waals surface area contributed by atoms with Gasteiger partial charge in [-0.25, -0.2) is 0 Å². The molecular weight excluding hydrogens is 312 g/mol. The summed E-state index contributed by atoms with van der Waals surface area (Å²) >= 11 is 0. The maximum Gasteiger partial charge on any atom is 0.317 e. The summed E-state index contributed by atoms with van der Waals surface area (Å²) in [6.07, 6.45) is 3.63. The van der Waals surface area contributed by atoms with Gasteiger partial charge < -0.3 is 4.74 Å². The summed E-state index contributed by atoms with van der Waals surface area (Å²) in [5, 5.41) is 0. The second-order valence-electron chi connectivity index (χ2n) is 8.38. The molecule has 3 atom stereocenters. The zero-order valence-electron chi connectivity index (χ0n) is 18.8. The molecule has 0 saturated carbocycles. The summed E-state index contributed by atoms with van der Waals surface area (Å²) < 4.78 is 4.87. The van der Waals surface area contributed by atoms with Crippen molar-refractivity contribution in [3.63, 3.8) is 0 Å². The van der Waals surface area contributed by atoms with Crippen LogP contribution in [0.5, 0.6) is 0 Å². The van der Waals surface area contributed by atoms with Gasteiger partial charge >= 0.3 is 11.9 Å². The number of carbonyl (C=O) groups excluding carboxylic acids is 2. The second-order valence-corrected chi connectivity index (χ2v) is 8.38. The third-order valence-corrected chi connectivity index (χ3v) is 5.25. The monoisotopic (exact) mass is 356 g/mol. The zero-order valence-corrected chi connectivity index (χ0v) is 18.8. The van der Waals surface area contributed by atoms with Crippen LogP contribution < -0.4 is 0 Å². The van der Waals surface area contributed by atoms with Gasteiger partial charge in [-0.05, 0) is 36.0 Å². The molecule has 3 unspecified atom stereocenters. The first-order valence-electron chi connectivity index (χ1n) is 10.3. The molecule has 1 saturated heterocycles. The van der Waals surface area contributed by atoms with Gasteiger partial charge in [-0.1, -0.05) is 82.6 Å². The van der Waals surface area contributed by atoms with Crippen molar-refractivity contribution in [2.24, 2.45) is 28.6 Å². The molecule has 150 valence electrons. The van der Waals surface area contributed by atoms with E-state index in [9.17, 15) is 9.59 Å². The smallest absolute Gasteiger partial charge is 0.317 e. The van der Waals surface area contributed by atoms with Crippen LogP contribution in [0.4, 0.5) is 0 Å². The summed E-state index contributed by atoms with van der Waals surface area (Å²) in [6.45, 7) is 23.4. The lowest BCUT2D eigenvalue weighted by Gasteiger charge is -2.38. The summed E-state index contributed by atoms with van der Waals surface area (Å²) in [7, 11) is 0. The molecule has 0 aromatic rings. The molecule has 25 heavy (non-hydrogen) atoms.